The normalized spacial score (nSPS) is 34.8. The van der Waals surface area contributed by atoms with Crippen LogP contribution >= 0.6 is 0 Å². The van der Waals surface area contributed by atoms with Crippen LogP contribution in [0.2, 0.25) is 0 Å². The van der Waals surface area contributed by atoms with Gasteiger partial charge in [-0.2, -0.15) is 0 Å². The van der Waals surface area contributed by atoms with E-state index < -0.39 is 0 Å². The van der Waals surface area contributed by atoms with Gasteiger partial charge in [-0.15, -0.1) is 0 Å². The van der Waals surface area contributed by atoms with Gasteiger partial charge in [0.1, 0.15) is 11.5 Å². The number of rotatable bonds is 2. The molecule has 3 heteroatoms. The maximum Gasteiger partial charge on any atom is 0.138 e. The molecule has 0 amide bonds. The van der Waals surface area contributed by atoms with Crippen molar-refractivity contribution in [1.82, 2.24) is 9.38 Å². The molecule has 2 aliphatic carbocycles. The van der Waals surface area contributed by atoms with Gasteiger partial charge in [-0.3, -0.25) is 4.40 Å². The highest BCUT2D eigenvalue weighted by Crippen LogP contribution is 2.63. The third kappa shape index (κ3) is 1.49. The zero-order valence-electron chi connectivity index (χ0n) is 12.6. The molecule has 2 aliphatic rings. The lowest BCUT2D eigenvalue weighted by atomic mass is 9.68. The molecule has 106 valence electrons. The molecule has 0 saturated heterocycles. The van der Waals surface area contributed by atoms with E-state index in [9.17, 15) is 0 Å². The minimum Gasteiger partial charge on any atom is -0.367 e. The lowest BCUT2D eigenvalue weighted by Crippen LogP contribution is -2.46. The highest BCUT2D eigenvalue weighted by molar-refractivity contribution is 5.51. The lowest BCUT2D eigenvalue weighted by Gasteiger charge is -2.43. The summed E-state index contributed by atoms with van der Waals surface area (Å²) >= 11 is 0. The summed E-state index contributed by atoms with van der Waals surface area (Å²) in [7, 11) is 0. The van der Waals surface area contributed by atoms with E-state index in [0.29, 0.717) is 16.9 Å². The van der Waals surface area contributed by atoms with Crippen LogP contribution in [0.25, 0.3) is 5.65 Å². The quantitative estimate of drug-likeness (QED) is 0.894. The number of nitrogens with one attached hydrogen (secondary N) is 1. The molecule has 0 radical (unpaired) electrons. The van der Waals surface area contributed by atoms with E-state index in [0.717, 1.165) is 11.6 Å². The van der Waals surface area contributed by atoms with Gasteiger partial charge in [0.25, 0.3) is 0 Å². The SMILES string of the molecule is CC12CCC(C1)C(C)(C)C2Nc1cccc2nccn12. The average Bonchev–Trinajstić information content (AvgIpc) is 3.05. The van der Waals surface area contributed by atoms with E-state index >= 15 is 0 Å². The van der Waals surface area contributed by atoms with Crippen LogP contribution in [0.15, 0.2) is 30.6 Å². The second-order valence-corrected chi connectivity index (χ2v) is 7.56. The molecule has 2 heterocycles. The topological polar surface area (TPSA) is 29.3 Å². The molecule has 4 rings (SSSR count). The molecule has 20 heavy (non-hydrogen) atoms. The number of hydrogen-bond donors (Lipinski definition) is 1. The highest BCUT2D eigenvalue weighted by atomic mass is 15.1. The van der Waals surface area contributed by atoms with Crippen LogP contribution in [-0.4, -0.2) is 15.4 Å². The Morgan fingerprint density at radius 1 is 1.30 bits per heavy atom. The van der Waals surface area contributed by atoms with Crippen molar-refractivity contribution in [2.24, 2.45) is 16.7 Å². The first-order chi connectivity index (χ1) is 9.51. The van der Waals surface area contributed by atoms with Crippen molar-refractivity contribution >= 4 is 11.5 Å². The molecule has 2 aromatic heterocycles. The van der Waals surface area contributed by atoms with Crippen molar-refractivity contribution in [3.05, 3.63) is 30.6 Å². The van der Waals surface area contributed by atoms with E-state index in [1.165, 1.54) is 25.1 Å². The van der Waals surface area contributed by atoms with Crippen LogP contribution in [0.3, 0.4) is 0 Å². The maximum absolute atomic E-state index is 4.38. The van der Waals surface area contributed by atoms with Gasteiger partial charge >= 0.3 is 0 Å². The molecule has 2 fully saturated rings. The van der Waals surface area contributed by atoms with Crippen LogP contribution in [0.5, 0.6) is 0 Å². The van der Waals surface area contributed by atoms with Crippen LogP contribution in [0.4, 0.5) is 5.82 Å². The highest BCUT2D eigenvalue weighted by Gasteiger charge is 2.59. The third-order valence-corrected chi connectivity index (χ3v) is 5.99. The van der Waals surface area contributed by atoms with Gasteiger partial charge in [0.05, 0.1) is 0 Å². The average molecular weight is 269 g/mol. The van der Waals surface area contributed by atoms with Gasteiger partial charge in [0, 0.05) is 18.4 Å². The first kappa shape index (κ1) is 12.2. The fraction of sp³-hybridized carbons (Fsp3) is 0.588. The largest absolute Gasteiger partial charge is 0.367 e. The second-order valence-electron chi connectivity index (χ2n) is 7.56. The number of hydrogen-bond acceptors (Lipinski definition) is 2. The molecule has 1 N–H and O–H groups in total. The predicted octanol–water partition coefficient (Wildman–Crippen LogP) is 3.96. The number of aromatic nitrogens is 2. The van der Waals surface area contributed by atoms with E-state index in [2.05, 4.69) is 53.7 Å². The number of pyridine rings is 1. The fourth-order valence-corrected chi connectivity index (χ4v) is 4.88. The summed E-state index contributed by atoms with van der Waals surface area (Å²) in [5, 5.41) is 3.86. The molecule has 2 saturated carbocycles. The van der Waals surface area contributed by atoms with Crippen molar-refractivity contribution < 1.29 is 0 Å². The molecule has 2 aromatic rings. The van der Waals surface area contributed by atoms with Gasteiger partial charge in [-0.25, -0.2) is 4.98 Å². The number of anilines is 1. The summed E-state index contributed by atoms with van der Waals surface area (Å²) in [4.78, 5) is 4.38. The molecule has 2 bridgehead atoms. The van der Waals surface area contributed by atoms with Crippen molar-refractivity contribution in [2.75, 3.05) is 5.32 Å². The molecule has 0 aromatic carbocycles. The Balaban J connectivity index is 1.74. The molecule has 0 aliphatic heterocycles. The summed E-state index contributed by atoms with van der Waals surface area (Å²) in [6.45, 7) is 7.34. The van der Waals surface area contributed by atoms with E-state index in [1.54, 1.807) is 0 Å². The first-order valence-corrected chi connectivity index (χ1v) is 7.69. The van der Waals surface area contributed by atoms with Crippen molar-refractivity contribution in [1.29, 1.82) is 0 Å². The van der Waals surface area contributed by atoms with Crippen molar-refractivity contribution in [2.45, 2.75) is 46.1 Å². The van der Waals surface area contributed by atoms with Gasteiger partial charge in [-0.05, 0) is 48.1 Å². The molecular formula is C17H23N3. The smallest absolute Gasteiger partial charge is 0.138 e. The van der Waals surface area contributed by atoms with Crippen molar-refractivity contribution in [3.63, 3.8) is 0 Å². The number of fused-ring (bicyclic) bond motifs is 3. The molecule has 3 atom stereocenters. The Kier molecular flexibility index (Phi) is 2.31. The number of imidazole rings is 1. The van der Waals surface area contributed by atoms with E-state index in [1.807, 2.05) is 12.4 Å². The monoisotopic (exact) mass is 269 g/mol. The zero-order valence-corrected chi connectivity index (χ0v) is 12.6. The Morgan fingerprint density at radius 2 is 2.15 bits per heavy atom. The van der Waals surface area contributed by atoms with E-state index in [-0.39, 0.29) is 0 Å². The molecular weight excluding hydrogens is 246 g/mol. The zero-order chi connectivity index (χ0) is 14.0. The Labute approximate surface area is 120 Å². The minimum absolute atomic E-state index is 0.371. The molecule has 3 nitrogen and oxygen atoms in total. The van der Waals surface area contributed by atoms with Crippen LogP contribution < -0.4 is 5.32 Å². The third-order valence-electron chi connectivity index (χ3n) is 5.99. The van der Waals surface area contributed by atoms with E-state index in [4.69, 9.17) is 0 Å². The van der Waals surface area contributed by atoms with Crippen LogP contribution in [0.1, 0.15) is 40.0 Å². The Bertz CT molecular complexity index is 652. The lowest BCUT2D eigenvalue weighted by molar-refractivity contribution is 0.155. The minimum atomic E-state index is 0.371. The predicted molar refractivity (Wildman–Crippen MR) is 81.8 cm³/mol. The summed E-state index contributed by atoms with van der Waals surface area (Å²) in [6.07, 6.45) is 8.04. The van der Waals surface area contributed by atoms with Gasteiger partial charge in [0.2, 0.25) is 0 Å². The van der Waals surface area contributed by atoms with Gasteiger partial charge in [-0.1, -0.05) is 26.8 Å². The van der Waals surface area contributed by atoms with Gasteiger partial charge < -0.3 is 5.32 Å². The number of nitrogens with zero attached hydrogens (tertiary/aromatic N) is 2. The van der Waals surface area contributed by atoms with Crippen LogP contribution in [-0.2, 0) is 0 Å². The van der Waals surface area contributed by atoms with Crippen molar-refractivity contribution in [3.8, 4) is 0 Å². The Morgan fingerprint density at radius 3 is 2.90 bits per heavy atom. The summed E-state index contributed by atoms with van der Waals surface area (Å²) in [6, 6.07) is 6.85. The summed E-state index contributed by atoms with van der Waals surface area (Å²) in [5.41, 5.74) is 1.83. The first-order valence-electron chi connectivity index (χ1n) is 7.69. The van der Waals surface area contributed by atoms with Crippen LogP contribution in [0, 0.1) is 16.7 Å². The summed E-state index contributed by atoms with van der Waals surface area (Å²) in [5.74, 6) is 2.04. The van der Waals surface area contributed by atoms with Gasteiger partial charge in [0.15, 0.2) is 0 Å². The Hall–Kier alpha value is -1.51. The fourth-order valence-electron chi connectivity index (χ4n) is 4.88. The molecule has 3 unspecified atom stereocenters. The summed E-state index contributed by atoms with van der Waals surface area (Å²) < 4.78 is 2.16. The standard InChI is InChI=1S/C17H23N3/c1-16(2)12-7-8-17(3,11-12)15(16)19-14-6-4-5-13-18-9-10-20(13)14/h4-6,9-10,12,15,19H,7-8,11H2,1-3H3. The molecule has 0 spiro atoms. The second kappa shape index (κ2) is 3.78. The maximum atomic E-state index is 4.38.